The Morgan fingerprint density at radius 2 is 2.04 bits per heavy atom. The van der Waals surface area contributed by atoms with E-state index < -0.39 is 5.97 Å². The van der Waals surface area contributed by atoms with E-state index in [1.165, 1.54) is 5.56 Å². The molecule has 0 amide bonds. The van der Waals surface area contributed by atoms with Gasteiger partial charge in [-0.05, 0) is 41.7 Å². The van der Waals surface area contributed by atoms with Crippen LogP contribution in [-0.2, 0) is 0 Å². The Morgan fingerprint density at radius 1 is 1.22 bits per heavy atom. The molecule has 2 aromatic rings. The Morgan fingerprint density at radius 3 is 2.83 bits per heavy atom. The van der Waals surface area contributed by atoms with Crippen LogP contribution in [0.1, 0.15) is 39.9 Å². The maximum atomic E-state index is 11.6. The average Bonchev–Trinajstić information content (AvgIpc) is 3.03. The minimum absolute atomic E-state index is 0.112. The molecule has 2 N–H and O–H groups in total. The number of halogens is 1. The first-order valence-corrected chi connectivity index (χ1v) is 8.49. The van der Waals surface area contributed by atoms with Gasteiger partial charge in [0.15, 0.2) is 0 Å². The molecule has 0 bridgehead atoms. The molecule has 0 radical (unpaired) electrons. The molecule has 4 rings (SSSR count). The number of allylic oxidation sites excluding steroid dienone is 2. The lowest BCUT2D eigenvalue weighted by Crippen LogP contribution is -2.30. The van der Waals surface area contributed by atoms with Gasteiger partial charge in [0, 0.05) is 10.4 Å². The Labute approximate surface area is 143 Å². The van der Waals surface area contributed by atoms with E-state index in [9.17, 15) is 9.90 Å². The van der Waals surface area contributed by atoms with Gasteiger partial charge in [0.1, 0.15) is 0 Å². The summed E-state index contributed by atoms with van der Waals surface area (Å²) in [5.74, 6) is -0.196. The highest BCUT2D eigenvalue weighted by Gasteiger charge is 2.39. The number of rotatable bonds is 2. The van der Waals surface area contributed by atoms with Crippen molar-refractivity contribution in [2.75, 3.05) is 5.32 Å². The molecule has 3 nitrogen and oxygen atoms in total. The number of hydrogen-bond donors (Lipinski definition) is 2. The number of benzene rings is 2. The standard InChI is InChI=1S/C19H16BrNO2/c20-12-5-1-4-11(10-12)17-14-7-2-6-13(14)15-8-3-9-16(19(22)23)18(15)21-17/h1-6,8-10,13-14,17,21H,7H2,(H,22,23). The molecule has 23 heavy (non-hydrogen) atoms. The molecule has 0 aromatic heterocycles. The molecule has 0 saturated carbocycles. The maximum absolute atomic E-state index is 11.6. The summed E-state index contributed by atoms with van der Waals surface area (Å²) in [6.07, 6.45) is 5.44. The van der Waals surface area contributed by atoms with Crippen LogP contribution < -0.4 is 5.32 Å². The van der Waals surface area contributed by atoms with Gasteiger partial charge in [-0.2, -0.15) is 0 Å². The monoisotopic (exact) mass is 369 g/mol. The van der Waals surface area contributed by atoms with Crippen LogP contribution in [0.5, 0.6) is 0 Å². The van der Waals surface area contributed by atoms with Gasteiger partial charge in [-0.3, -0.25) is 0 Å². The lowest BCUT2D eigenvalue weighted by Gasteiger charge is -2.38. The van der Waals surface area contributed by atoms with Crippen LogP contribution in [0.25, 0.3) is 0 Å². The molecule has 0 saturated heterocycles. The first-order chi connectivity index (χ1) is 11.1. The summed E-state index contributed by atoms with van der Waals surface area (Å²) in [5.41, 5.74) is 3.39. The second-order valence-electron chi connectivity index (χ2n) is 6.11. The summed E-state index contributed by atoms with van der Waals surface area (Å²) in [6, 6.07) is 13.9. The zero-order chi connectivity index (χ0) is 16.0. The third-order valence-electron chi connectivity index (χ3n) is 4.83. The van der Waals surface area contributed by atoms with Gasteiger partial charge in [0.25, 0.3) is 0 Å². The van der Waals surface area contributed by atoms with Crippen LogP contribution in [0.3, 0.4) is 0 Å². The Kier molecular flexibility index (Phi) is 3.49. The normalized spacial score (nSPS) is 24.7. The van der Waals surface area contributed by atoms with Crippen molar-refractivity contribution < 1.29 is 9.90 Å². The lowest BCUT2D eigenvalue weighted by molar-refractivity contribution is 0.0697. The van der Waals surface area contributed by atoms with Gasteiger partial charge in [-0.1, -0.05) is 52.3 Å². The number of hydrogen-bond acceptors (Lipinski definition) is 2. The Hall–Kier alpha value is -2.07. The topological polar surface area (TPSA) is 49.3 Å². The summed E-state index contributed by atoms with van der Waals surface area (Å²) < 4.78 is 1.04. The molecule has 0 spiro atoms. The van der Waals surface area contributed by atoms with E-state index in [0.717, 1.165) is 22.1 Å². The number of carbonyl (C=O) groups is 1. The van der Waals surface area contributed by atoms with Crippen molar-refractivity contribution in [3.8, 4) is 0 Å². The SMILES string of the molecule is O=C(O)c1cccc2c1NC(c1cccc(Br)c1)C1CC=CC21. The molecular weight excluding hydrogens is 354 g/mol. The highest BCUT2D eigenvalue weighted by molar-refractivity contribution is 9.10. The first-order valence-electron chi connectivity index (χ1n) is 7.70. The molecule has 2 aliphatic rings. The molecule has 116 valence electrons. The van der Waals surface area contributed by atoms with E-state index in [0.29, 0.717) is 11.5 Å². The van der Waals surface area contributed by atoms with E-state index in [-0.39, 0.29) is 12.0 Å². The van der Waals surface area contributed by atoms with Gasteiger partial charge in [0.05, 0.1) is 17.3 Å². The van der Waals surface area contributed by atoms with Crippen molar-refractivity contribution in [3.05, 3.63) is 75.8 Å². The quantitative estimate of drug-likeness (QED) is 0.734. The molecule has 1 aliphatic heterocycles. The molecule has 1 heterocycles. The highest BCUT2D eigenvalue weighted by Crippen LogP contribution is 2.50. The van der Waals surface area contributed by atoms with Crippen LogP contribution in [0, 0.1) is 5.92 Å². The summed E-state index contributed by atoms with van der Waals surface area (Å²) in [6.45, 7) is 0. The van der Waals surface area contributed by atoms with Gasteiger partial charge in [-0.15, -0.1) is 0 Å². The van der Waals surface area contributed by atoms with Crippen molar-refractivity contribution in [1.29, 1.82) is 0 Å². The third-order valence-corrected chi connectivity index (χ3v) is 5.33. The number of fused-ring (bicyclic) bond motifs is 3. The van der Waals surface area contributed by atoms with Crippen molar-refractivity contribution in [2.45, 2.75) is 18.4 Å². The molecule has 1 aliphatic carbocycles. The predicted molar refractivity (Wildman–Crippen MR) is 93.9 cm³/mol. The number of carboxylic acids is 1. The van der Waals surface area contributed by atoms with E-state index in [1.54, 1.807) is 6.07 Å². The van der Waals surface area contributed by atoms with E-state index in [2.05, 4.69) is 45.5 Å². The highest BCUT2D eigenvalue weighted by atomic mass is 79.9. The van der Waals surface area contributed by atoms with E-state index >= 15 is 0 Å². The zero-order valence-corrected chi connectivity index (χ0v) is 14.0. The summed E-state index contributed by atoms with van der Waals surface area (Å²) in [5, 5.41) is 13.0. The zero-order valence-electron chi connectivity index (χ0n) is 12.4. The third kappa shape index (κ3) is 2.38. The first kappa shape index (κ1) is 14.5. The fourth-order valence-electron chi connectivity index (χ4n) is 3.83. The fourth-order valence-corrected chi connectivity index (χ4v) is 4.25. The summed E-state index contributed by atoms with van der Waals surface area (Å²) >= 11 is 3.53. The second kappa shape index (κ2) is 5.53. The van der Waals surface area contributed by atoms with Crippen LogP contribution in [0.4, 0.5) is 5.69 Å². The minimum Gasteiger partial charge on any atom is -0.478 e. The molecule has 3 unspecified atom stereocenters. The molecule has 3 atom stereocenters. The van der Waals surface area contributed by atoms with Crippen molar-refractivity contribution in [3.63, 3.8) is 0 Å². The number of para-hydroxylation sites is 1. The smallest absolute Gasteiger partial charge is 0.337 e. The minimum atomic E-state index is -0.886. The summed E-state index contributed by atoms with van der Waals surface area (Å²) in [4.78, 5) is 11.6. The van der Waals surface area contributed by atoms with Gasteiger partial charge in [-0.25, -0.2) is 4.79 Å². The largest absolute Gasteiger partial charge is 0.478 e. The maximum Gasteiger partial charge on any atom is 0.337 e. The van der Waals surface area contributed by atoms with Crippen LogP contribution in [0.2, 0.25) is 0 Å². The van der Waals surface area contributed by atoms with Crippen molar-refractivity contribution in [1.82, 2.24) is 0 Å². The summed E-state index contributed by atoms with van der Waals surface area (Å²) in [7, 11) is 0. The second-order valence-corrected chi connectivity index (χ2v) is 7.02. The number of carboxylic acid groups (broad SMARTS) is 1. The number of nitrogens with one attached hydrogen (secondary N) is 1. The molecular formula is C19H16BrNO2. The molecule has 2 aromatic carbocycles. The van der Waals surface area contributed by atoms with E-state index in [4.69, 9.17) is 0 Å². The van der Waals surface area contributed by atoms with Gasteiger partial charge in [0.2, 0.25) is 0 Å². The van der Waals surface area contributed by atoms with Crippen LogP contribution in [0.15, 0.2) is 59.1 Å². The lowest BCUT2D eigenvalue weighted by atomic mass is 9.76. The Bertz CT molecular complexity index is 815. The van der Waals surface area contributed by atoms with E-state index in [1.807, 2.05) is 24.3 Å². The molecule has 0 fully saturated rings. The van der Waals surface area contributed by atoms with Crippen molar-refractivity contribution >= 4 is 27.6 Å². The Balaban J connectivity index is 1.85. The molecule has 4 heteroatoms. The predicted octanol–water partition coefficient (Wildman–Crippen LogP) is 4.97. The average molecular weight is 370 g/mol. The number of anilines is 1. The van der Waals surface area contributed by atoms with Gasteiger partial charge < -0.3 is 10.4 Å². The van der Waals surface area contributed by atoms with Crippen LogP contribution >= 0.6 is 15.9 Å². The van der Waals surface area contributed by atoms with Crippen LogP contribution in [-0.4, -0.2) is 11.1 Å². The van der Waals surface area contributed by atoms with Crippen molar-refractivity contribution in [2.24, 2.45) is 5.92 Å². The van der Waals surface area contributed by atoms with Gasteiger partial charge >= 0.3 is 5.97 Å². The fraction of sp³-hybridized carbons (Fsp3) is 0.211. The number of aromatic carboxylic acids is 1.